The third kappa shape index (κ3) is 3.93. The molecule has 2 atom stereocenters. The minimum Gasteiger partial charge on any atom is -0.354 e. The van der Waals surface area contributed by atoms with Crippen LogP contribution in [0.1, 0.15) is 69.2 Å². The number of terminal acetylenes is 1. The first-order valence-corrected chi connectivity index (χ1v) is 10.9. The van der Waals surface area contributed by atoms with Crippen LogP contribution in [0.5, 0.6) is 0 Å². The molecule has 0 saturated heterocycles. The van der Waals surface area contributed by atoms with Gasteiger partial charge in [0.15, 0.2) is 0 Å². The Morgan fingerprint density at radius 2 is 2.00 bits per heavy atom. The lowest BCUT2D eigenvalue weighted by Crippen LogP contribution is -2.50. The number of hydrogen-bond acceptors (Lipinski definition) is 1. The van der Waals surface area contributed by atoms with E-state index >= 15 is 0 Å². The Morgan fingerprint density at radius 3 is 2.65 bits per heavy atom. The van der Waals surface area contributed by atoms with E-state index in [9.17, 15) is 22.4 Å². The Balaban J connectivity index is 1.86. The van der Waals surface area contributed by atoms with E-state index in [4.69, 9.17) is 6.42 Å². The van der Waals surface area contributed by atoms with E-state index in [1.165, 1.54) is 6.07 Å². The molecule has 0 radical (unpaired) electrons. The van der Waals surface area contributed by atoms with Gasteiger partial charge in [-0.1, -0.05) is 19.8 Å². The molecule has 31 heavy (non-hydrogen) atoms. The maximum atomic E-state index is 14.5. The van der Waals surface area contributed by atoms with Gasteiger partial charge >= 0.3 is 0 Å². The number of unbranched alkanes of at least 4 members (excludes halogenated alkanes) is 1. The summed E-state index contributed by atoms with van der Waals surface area (Å²) in [4.78, 5) is 17.6. The summed E-state index contributed by atoms with van der Waals surface area (Å²) in [5.41, 5.74) is 1.55. The molecule has 2 aromatic rings. The van der Waals surface area contributed by atoms with Crippen LogP contribution in [-0.2, 0) is 11.2 Å². The van der Waals surface area contributed by atoms with Crippen molar-refractivity contribution >= 4 is 16.8 Å². The molecule has 0 bridgehead atoms. The molecule has 1 amide bonds. The molecule has 1 unspecified atom stereocenters. The molecule has 1 aliphatic carbocycles. The van der Waals surface area contributed by atoms with Crippen LogP contribution in [-0.4, -0.2) is 27.8 Å². The molecule has 166 valence electrons. The number of H-pyrrole nitrogens is 1. The normalized spacial score (nSPS) is 23.5. The molecular weight excluding hydrogens is 408 g/mol. The number of amides is 1. The number of carbonyl (C=O) groups excluding carboxylic acids is 1. The minimum atomic E-state index is -2.72. The Hall–Kier alpha value is -2.49. The summed E-state index contributed by atoms with van der Waals surface area (Å²) in [7, 11) is 0. The van der Waals surface area contributed by atoms with Crippen LogP contribution in [0.2, 0.25) is 0 Å². The van der Waals surface area contributed by atoms with Crippen molar-refractivity contribution in [2.45, 2.75) is 76.3 Å². The lowest BCUT2D eigenvalue weighted by atomic mass is 9.76. The van der Waals surface area contributed by atoms with Crippen LogP contribution in [0.25, 0.3) is 10.9 Å². The lowest BCUT2D eigenvalue weighted by Gasteiger charge is -2.46. The van der Waals surface area contributed by atoms with Gasteiger partial charge in [-0.25, -0.2) is 17.6 Å². The molecule has 7 heteroatoms. The number of benzene rings is 1. The summed E-state index contributed by atoms with van der Waals surface area (Å²) in [6.07, 6.45) is 8.32. The fraction of sp³-hybridized carbons (Fsp3) is 0.542. The average Bonchev–Trinajstić information content (AvgIpc) is 3.09. The molecule has 1 aromatic carbocycles. The number of carbonyl (C=O) groups is 1. The highest BCUT2D eigenvalue weighted by atomic mass is 19.3. The van der Waals surface area contributed by atoms with Gasteiger partial charge in [0.1, 0.15) is 11.6 Å². The minimum absolute atomic E-state index is 0.182. The summed E-state index contributed by atoms with van der Waals surface area (Å²) in [6, 6.07) is 1.32. The van der Waals surface area contributed by atoms with Gasteiger partial charge in [-0.15, -0.1) is 6.42 Å². The zero-order valence-electron chi connectivity index (χ0n) is 17.5. The second kappa shape index (κ2) is 8.22. The quantitative estimate of drug-likeness (QED) is 0.473. The Labute approximate surface area is 179 Å². The molecule has 1 saturated carbocycles. The Bertz CT molecular complexity index is 1030. The third-order valence-corrected chi connectivity index (χ3v) is 6.85. The number of nitrogens with one attached hydrogen (secondary N) is 1. The summed E-state index contributed by atoms with van der Waals surface area (Å²) < 4.78 is 56.3. The number of aromatic nitrogens is 1. The number of halogens is 4. The molecule has 2 aliphatic rings. The number of alkyl halides is 2. The van der Waals surface area contributed by atoms with Crippen molar-refractivity contribution < 1.29 is 22.4 Å². The highest BCUT2D eigenvalue weighted by molar-refractivity contribution is 5.94. The van der Waals surface area contributed by atoms with Crippen LogP contribution in [0, 0.1) is 29.9 Å². The Kier molecular flexibility index (Phi) is 5.76. The summed E-state index contributed by atoms with van der Waals surface area (Å²) in [6.45, 7) is 2.04. The van der Waals surface area contributed by atoms with E-state index in [-0.39, 0.29) is 43.2 Å². The topological polar surface area (TPSA) is 36.1 Å². The molecule has 3 nitrogen and oxygen atoms in total. The predicted octanol–water partition coefficient (Wildman–Crippen LogP) is 5.89. The van der Waals surface area contributed by atoms with Crippen molar-refractivity contribution in [2.24, 2.45) is 5.92 Å². The van der Waals surface area contributed by atoms with Crippen molar-refractivity contribution in [3.05, 3.63) is 35.0 Å². The molecule has 1 fully saturated rings. The van der Waals surface area contributed by atoms with E-state index < -0.39 is 29.5 Å². The largest absolute Gasteiger partial charge is 0.354 e. The lowest BCUT2D eigenvalue weighted by molar-refractivity contribution is -0.134. The number of nitrogens with zero attached hydrogens (tertiary/aromatic N) is 1. The van der Waals surface area contributed by atoms with Gasteiger partial charge < -0.3 is 9.88 Å². The van der Waals surface area contributed by atoms with Crippen molar-refractivity contribution in [3.63, 3.8) is 0 Å². The van der Waals surface area contributed by atoms with E-state index in [0.29, 0.717) is 23.9 Å². The third-order valence-electron chi connectivity index (χ3n) is 6.85. The van der Waals surface area contributed by atoms with Gasteiger partial charge in [0, 0.05) is 36.0 Å². The monoisotopic (exact) mass is 434 g/mol. The van der Waals surface area contributed by atoms with E-state index in [2.05, 4.69) is 10.9 Å². The zero-order valence-corrected chi connectivity index (χ0v) is 17.5. The summed E-state index contributed by atoms with van der Waals surface area (Å²) in [5, 5.41) is 0.452. The highest BCUT2D eigenvalue weighted by Crippen LogP contribution is 2.48. The highest BCUT2D eigenvalue weighted by Gasteiger charge is 2.46. The molecule has 1 aromatic heterocycles. The summed E-state index contributed by atoms with van der Waals surface area (Å²) in [5.74, 6) is -2.62. The standard InChI is InChI=1S/C24H26F4N2O/c1-3-5-6-16-13-18-17-11-15(25)12-19(26)21(17)29-22(18)23(30(16)20(31)4-2)14-7-9-24(27,28)10-8-14/h2,11-12,14,16,23,29H,3,5-10,13H2,1H3/t16-,23?/m0/s1. The molecule has 2 heterocycles. The maximum Gasteiger partial charge on any atom is 0.299 e. The number of rotatable bonds is 4. The van der Waals surface area contributed by atoms with E-state index in [0.717, 1.165) is 24.5 Å². The van der Waals surface area contributed by atoms with Gasteiger partial charge in [0.2, 0.25) is 5.92 Å². The first-order valence-electron chi connectivity index (χ1n) is 10.9. The van der Waals surface area contributed by atoms with Crippen LogP contribution >= 0.6 is 0 Å². The maximum absolute atomic E-state index is 14.5. The second-order valence-corrected chi connectivity index (χ2v) is 8.82. The SMILES string of the molecule is C#CC(=O)N1C(C2CCC(F)(F)CC2)c2[nH]c3c(F)cc(F)cc3c2C[C@@H]1CCCC. The van der Waals surface area contributed by atoms with Gasteiger partial charge in [0.25, 0.3) is 5.91 Å². The second-order valence-electron chi connectivity index (χ2n) is 8.82. The number of aromatic amines is 1. The van der Waals surface area contributed by atoms with Gasteiger partial charge in [0.05, 0.1) is 11.6 Å². The first kappa shape index (κ1) is 21.7. The zero-order chi connectivity index (χ0) is 22.3. The van der Waals surface area contributed by atoms with Crippen molar-refractivity contribution in [1.82, 2.24) is 9.88 Å². The summed E-state index contributed by atoms with van der Waals surface area (Å²) >= 11 is 0. The van der Waals surface area contributed by atoms with Crippen molar-refractivity contribution in [2.75, 3.05) is 0 Å². The van der Waals surface area contributed by atoms with Crippen LogP contribution in [0.15, 0.2) is 12.1 Å². The van der Waals surface area contributed by atoms with Crippen molar-refractivity contribution in [3.8, 4) is 12.3 Å². The van der Waals surface area contributed by atoms with Gasteiger partial charge in [-0.05, 0) is 49.2 Å². The average molecular weight is 434 g/mol. The van der Waals surface area contributed by atoms with Gasteiger partial charge in [-0.3, -0.25) is 4.79 Å². The van der Waals surface area contributed by atoms with Gasteiger partial charge in [-0.2, -0.15) is 0 Å². The van der Waals surface area contributed by atoms with E-state index in [1.54, 1.807) is 4.90 Å². The number of hydrogen-bond donors (Lipinski definition) is 1. The fourth-order valence-corrected chi connectivity index (χ4v) is 5.36. The predicted molar refractivity (Wildman–Crippen MR) is 111 cm³/mol. The van der Waals surface area contributed by atoms with Crippen LogP contribution in [0.3, 0.4) is 0 Å². The van der Waals surface area contributed by atoms with Crippen LogP contribution < -0.4 is 0 Å². The van der Waals surface area contributed by atoms with E-state index in [1.807, 2.05) is 6.92 Å². The molecule has 1 N–H and O–H groups in total. The first-order chi connectivity index (χ1) is 14.8. The fourth-order valence-electron chi connectivity index (χ4n) is 5.36. The number of fused-ring (bicyclic) bond motifs is 3. The Morgan fingerprint density at radius 1 is 1.29 bits per heavy atom. The van der Waals surface area contributed by atoms with Crippen LogP contribution in [0.4, 0.5) is 17.6 Å². The van der Waals surface area contributed by atoms with Crippen molar-refractivity contribution in [1.29, 1.82) is 0 Å². The molecule has 0 spiro atoms. The smallest absolute Gasteiger partial charge is 0.299 e. The molecule has 1 aliphatic heterocycles. The molecular formula is C24H26F4N2O. The molecule has 4 rings (SSSR count).